The van der Waals surface area contributed by atoms with Gasteiger partial charge in [-0.15, -0.1) is 13.2 Å². The molecule has 0 fully saturated rings. The highest BCUT2D eigenvalue weighted by molar-refractivity contribution is 6.09. The Labute approximate surface area is 118 Å². The summed E-state index contributed by atoms with van der Waals surface area (Å²) < 4.78 is 42.4. The van der Waals surface area contributed by atoms with Crippen LogP contribution in [0.2, 0.25) is 0 Å². The Hall–Kier alpha value is -2.35. The topological polar surface area (TPSA) is 70.1 Å². The van der Waals surface area contributed by atoms with Crippen molar-refractivity contribution in [3.63, 3.8) is 0 Å². The zero-order valence-corrected chi connectivity index (χ0v) is 10.8. The molecule has 0 saturated heterocycles. The number of hydrogen-bond donors (Lipinski definition) is 1. The van der Waals surface area contributed by atoms with Crippen LogP contribution in [-0.4, -0.2) is 28.2 Å². The lowest BCUT2D eigenvalue weighted by molar-refractivity contribution is -0.274. The molecule has 0 saturated carbocycles. The van der Waals surface area contributed by atoms with E-state index in [1.165, 1.54) is 30.7 Å². The maximum absolute atomic E-state index is 12.3. The number of hydrogen-bond acceptors (Lipinski definition) is 4. The monoisotopic (exact) mass is 299 g/mol. The van der Waals surface area contributed by atoms with Gasteiger partial charge in [0.15, 0.2) is 0 Å². The lowest BCUT2D eigenvalue weighted by atomic mass is 10.1. The summed E-state index contributed by atoms with van der Waals surface area (Å²) in [6.07, 6.45) is -2.04. The molecule has 0 spiro atoms. The molecule has 0 amide bonds. The van der Waals surface area contributed by atoms with Crippen LogP contribution in [0.15, 0.2) is 36.8 Å². The summed E-state index contributed by atoms with van der Waals surface area (Å²) in [5.74, 6) is -1.20. The molecule has 2 rings (SSSR count). The van der Waals surface area contributed by atoms with Crippen molar-refractivity contribution in [1.82, 2.24) is 9.55 Å². The molecule has 0 aliphatic heterocycles. The Morgan fingerprint density at radius 2 is 2.05 bits per heavy atom. The van der Waals surface area contributed by atoms with Crippen molar-refractivity contribution in [3.8, 4) is 5.75 Å². The van der Waals surface area contributed by atoms with Crippen LogP contribution >= 0.6 is 0 Å². The molecule has 0 unspecified atom stereocenters. The van der Waals surface area contributed by atoms with Gasteiger partial charge in [-0.25, -0.2) is 4.98 Å². The Balaban J connectivity index is 2.30. The first-order chi connectivity index (χ1) is 9.90. The maximum atomic E-state index is 12.3. The molecular formula is C13H12F3N3O2. The second-order valence-electron chi connectivity index (χ2n) is 4.16. The van der Waals surface area contributed by atoms with Gasteiger partial charge in [-0.3, -0.25) is 4.79 Å². The Bertz CT molecular complexity index is 638. The van der Waals surface area contributed by atoms with E-state index in [4.69, 9.17) is 5.73 Å². The molecule has 0 aliphatic rings. The number of benzene rings is 1. The van der Waals surface area contributed by atoms with Gasteiger partial charge in [0.25, 0.3) is 0 Å². The molecular weight excluding hydrogens is 287 g/mol. The maximum Gasteiger partial charge on any atom is 0.573 e. The quantitative estimate of drug-likeness (QED) is 0.857. The van der Waals surface area contributed by atoms with Gasteiger partial charge in [-0.1, -0.05) is 12.1 Å². The number of nitrogens with zero attached hydrogens (tertiary/aromatic N) is 2. The van der Waals surface area contributed by atoms with E-state index in [2.05, 4.69) is 9.72 Å². The normalized spacial score (nSPS) is 11.4. The van der Waals surface area contributed by atoms with Gasteiger partial charge in [0.05, 0.1) is 11.9 Å². The highest BCUT2D eigenvalue weighted by Gasteiger charge is 2.33. The number of carbonyl (C=O) groups is 1. The number of para-hydroxylation sites is 1. The van der Waals surface area contributed by atoms with Gasteiger partial charge in [-0.2, -0.15) is 0 Å². The lowest BCUT2D eigenvalue weighted by Gasteiger charge is -2.11. The summed E-state index contributed by atoms with van der Waals surface area (Å²) in [6.45, 7) is 0.818. The van der Waals surface area contributed by atoms with E-state index in [0.29, 0.717) is 13.1 Å². The SMILES string of the molecule is NCCn1cnc(C(=O)c2ccccc2OC(F)(F)F)c1. The first-order valence-corrected chi connectivity index (χ1v) is 6.02. The molecule has 0 bridgehead atoms. The van der Waals surface area contributed by atoms with E-state index in [-0.39, 0.29) is 11.3 Å². The van der Waals surface area contributed by atoms with Gasteiger partial charge >= 0.3 is 6.36 Å². The summed E-state index contributed by atoms with van der Waals surface area (Å²) in [6, 6.07) is 5.14. The third-order valence-electron chi connectivity index (χ3n) is 2.61. The van der Waals surface area contributed by atoms with Gasteiger partial charge in [-0.05, 0) is 12.1 Å². The first-order valence-electron chi connectivity index (χ1n) is 6.02. The fourth-order valence-electron chi connectivity index (χ4n) is 1.75. The van der Waals surface area contributed by atoms with E-state index in [1.54, 1.807) is 4.57 Å². The largest absolute Gasteiger partial charge is 0.573 e. The molecule has 0 atom stereocenters. The van der Waals surface area contributed by atoms with E-state index in [0.717, 1.165) is 6.07 Å². The molecule has 0 aliphatic carbocycles. The first kappa shape index (κ1) is 15.0. The number of ether oxygens (including phenoxy) is 1. The van der Waals surface area contributed by atoms with Crippen molar-refractivity contribution >= 4 is 5.78 Å². The molecule has 5 nitrogen and oxygen atoms in total. The number of imidazole rings is 1. The predicted molar refractivity (Wildman–Crippen MR) is 67.8 cm³/mol. The second kappa shape index (κ2) is 5.96. The van der Waals surface area contributed by atoms with E-state index in [9.17, 15) is 18.0 Å². The standard InChI is InChI=1S/C13H12F3N3O2/c14-13(15,16)21-11-4-2-1-3-9(11)12(20)10-7-19(6-5-17)8-18-10/h1-4,7-8H,5-6,17H2. The van der Waals surface area contributed by atoms with Gasteiger partial charge in [0, 0.05) is 19.3 Å². The zero-order chi connectivity index (χ0) is 15.5. The number of alkyl halides is 3. The van der Waals surface area contributed by atoms with Crippen molar-refractivity contribution in [1.29, 1.82) is 0 Å². The van der Waals surface area contributed by atoms with Crippen LogP contribution in [0.25, 0.3) is 0 Å². The van der Waals surface area contributed by atoms with Crippen LogP contribution in [0.5, 0.6) is 5.75 Å². The molecule has 2 N–H and O–H groups in total. The minimum atomic E-state index is -4.87. The third-order valence-corrected chi connectivity index (χ3v) is 2.61. The lowest BCUT2D eigenvalue weighted by Crippen LogP contribution is -2.19. The zero-order valence-electron chi connectivity index (χ0n) is 10.8. The van der Waals surface area contributed by atoms with Crippen molar-refractivity contribution in [2.24, 2.45) is 5.73 Å². The Kier molecular flexibility index (Phi) is 4.27. The fourth-order valence-corrected chi connectivity index (χ4v) is 1.75. The minimum absolute atomic E-state index is 0.0293. The number of halogens is 3. The molecule has 8 heteroatoms. The smallest absolute Gasteiger partial charge is 0.405 e. The Morgan fingerprint density at radius 3 is 2.71 bits per heavy atom. The van der Waals surface area contributed by atoms with Crippen LogP contribution in [0.4, 0.5) is 13.2 Å². The van der Waals surface area contributed by atoms with Gasteiger partial charge < -0.3 is 15.0 Å². The van der Waals surface area contributed by atoms with Crippen LogP contribution in [0.3, 0.4) is 0 Å². The van der Waals surface area contributed by atoms with Gasteiger partial charge in [0.1, 0.15) is 11.4 Å². The van der Waals surface area contributed by atoms with Crippen molar-refractivity contribution in [2.75, 3.05) is 6.54 Å². The molecule has 1 heterocycles. The molecule has 0 radical (unpaired) electrons. The summed E-state index contributed by atoms with van der Waals surface area (Å²) in [5, 5.41) is 0. The highest BCUT2D eigenvalue weighted by atomic mass is 19.4. The Morgan fingerprint density at radius 1 is 1.33 bits per heavy atom. The highest BCUT2D eigenvalue weighted by Crippen LogP contribution is 2.27. The number of carbonyl (C=O) groups excluding carboxylic acids is 1. The number of rotatable bonds is 5. The van der Waals surface area contributed by atoms with E-state index in [1.807, 2.05) is 0 Å². The van der Waals surface area contributed by atoms with E-state index < -0.39 is 17.9 Å². The third kappa shape index (κ3) is 3.82. The molecule has 21 heavy (non-hydrogen) atoms. The number of ketones is 1. The van der Waals surface area contributed by atoms with Crippen molar-refractivity contribution in [2.45, 2.75) is 12.9 Å². The molecule has 112 valence electrons. The number of nitrogens with two attached hydrogens (primary N) is 1. The van der Waals surface area contributed by atoms with Crippen LogP contribution in [-0.2, 0) is 6.54 Å². The van der Waals surface area contributed by atoms with Crippen LogP contribution in [0, 0.1) is 0 Å². The molecule has 1 aromatic heterocycles. The number of aromatic nitrogens is 2. The van der Waals surface area contributed by atoms with Crippen LogP contribution < -0.4 is 10.5 Å². The summed E-state index contributed by atoms with van der Waals surface area (Å²) in [5.41, 5.74) is 5.20. The van der Waals surface area contributed by atoms with E-state index >= 15 is 0 Å². The summed E-state index contributed by atoms with van der Waals surface area (Å²) in [7, 11) is 0. The fraction of sp³-hybridized carbons (Fsp3) is 0.231. The van der Waals surface area contributed by atoms with Crippen molar-refractivity contribution < 1.29 is 22.7 Å². The average Bonchev–Trinajstić information content (AvgIpc) is 2.86. The molecule has 2 aromatic rings. The minimum Gasteiger partial charge on any atom is -0.405 e. The predicted octanol–water partition coefficient (Wildman–Crippen LogP) is 1.97. The summed E-state index contributed by atoms with van der Waals surface area (Å²) in [4.78, 5) is 16.1. The van der Waals surface area contributed by atoms with Crippen LogP contribution in [0.1, 0.15) is 16.1 Å². The summed E-state index contributed by atoms with van der Waals surface area (Å²) >= 11 is 0. The average molecular weight is 299 g/mol. The van der Waals surface area contributed by atoms with Crippen molar-refractivity contribution in [3.05, 3.63) is 48.0 Å². The van der Waals surface area contributed by atoms with Gasteiger partial charge in [0.2, 0.25) is 5.78 Å². The second-order valence-corrected chi connectivity index (χ2v) is 4.16. The molecule has 1 aromatic carbocycles.